The van der Waals surface area contributed by atoms with Gasteiger partial charge in [-0.1, -0.05) is 11.3 Å². The van der Waals surface area contributed by atoms with Crippen LogP contribution in [0.5, 0.6) is 0 Å². The van der Waals surface area contributed by atoms with Gasteiger partial charge in [0, 0.05) is 24.7 Å². The predicted molar refractivity (Wildman–Crippen MR) is 90.2 cm³/mol. The molecule has 1 N–H and O–H groups in total. The summed E-state index contributed by atoms with van der Waals surface area (Å²) in [7, 11) is 0. The molecule has 0 aliphatic rings. The number of carbonyl (C=O) groups excluding carboxylic acids is 1. The number of carbonyl (C=O) groups is 1. The highest BCUT2D eigenvalue weighted by molar-refractivity contribution is 6.02. The van der Waals surface area contributed by atoms with Crippen LogP contribution in [-0.2, 0) is 0 Å². The summed E-state index contributed by atoms with van der Waals surface area (Å²) in [5.74, 6) is 0.741. The predicted octanol–water partition coefficient (Wildman–Crippen LogP) is 1.16. The van der Waals surface area contributed by atoms with Gasteiger partial charge in [-0.05, 0) is 18.2 Å². The summed E-state index contributed by atoms with van der Waals surface area (Å²) in [4.78, 5) is 33.2. The van der Waals surface area contributed by atoms with Crippen LogP contribution in [0.1, 0.15) is 10.5 Å². The number of anilines is 1. The average Bonchev–Trinajstić information content (AvgIpc) is 3.20. The third-order valence-corrected chi connectivity index (χ3v) is 3.36. The van der Waals surface area contributed by atoms with Crippen molar-refractivity contribution in [1.82, 2.24) is 39.9 Å². The molecule has 4 rings (SSSR count). The van der Waals surface area contributed by atoms with Crippen LogP contribution in [0.2, 0.25) is 0 Å². The zero-order chi connectivity index (χ0) is 17.8. The smallest absolute Gasteiger partial charge is 0.277 e. The Labute approximate surface area is 147 Å². The quantitative estimate of drug-likeness (QED) is 0.584. The van der Waals surface area contributed by atoms with E-state index in [2.05, 4.69) is 40.5 Å². The van der Waals surface area contributed by atoms with Gasteiger partial charge in [0.2, 0.25) is 0 Å². The molecule has 0 fully saturated rings. The second kappa shape index (κ2) is 6.81. The minimum absolute atomic E-state index is 0.210. The van der Waals surface area contributed by atoms with Crippen LogP contribution < -0.4 is 5.32 Å². The molecule has 0 aliphatic heterocycles. The lowest BCUT2D eigenvalue weighted by Gasteiger charge is -2.07. The molecule has 0 aliphatic carbocycles. The van der Waals surface area contributed by atoms with E-state index >= 15 is 0 Å². The molecule has 10 heteroatoms. The molecular formula is C16H11N9O. The number of nitrogens with one attached hydrogen (secondary N) is 1. The monoisotopic (exact) mass is 345 g/mol. The van der Waals surface area contributed by atoms with Gasteiger partial charge in [0.25, 0.3) is 5.91 Å². The average molecular weight is 345 g/mol. The van der Waals surface area contributed by atoms with E-state index in [9.17, 15) is 4.79 Å². The number of hydrogen-bond acceptors (Lipinski definition) is 8. The lowest BCUT2D eigenvalue weighted by atomic mass is 10.3. The van der Waals surface area contributed by atoms with Crippen molar-refractivity contribution >= 4 is 11.7 Å². The Hall–Kier alpha value is -4.08. The molecule has 26 heavy (non-hydrogen) atoms. The number of pyridine rings is 1. The van der Waals surface area contributed by atoms with Crippen LogP contribution in [0.3, 0.4) is 0 Å². The largest absolute Gasteiger partial charge is 0.305 e. The molecule has 0 aromatic carbocycles. The van der Waals surface area contributed by atoms with E-state index in [-0.39, 0.29) is 5.69 Å². The van der Waals surface area contributed by atoms with Gasteiger partial charge in [0.05, 0.1) is 6.20 Å². The minimum atomic E-state index is -0.431. The molecule has 0 saturated heterocycles. The number of aromatic nitrogens is 8. The zero-order valence-corrected chi connectivity index (χ0v) is 13.3. The van der Waals surface area contributed by atoms with Crippen molar-refractivity contribution in [3.8, 4) is 17.3 Å². The molecule has 0 radical (unpaired) electrons. The third kappa shape index (κ3) is 3.11. The van der Waals surface area contributed by atoms with Crippen LogP contribution in [-0.4, -0.2) is 45.8 Å². The third-order valence-electron chi connectivity index (χ3n) is 3.36. The van der Waals surface area contributed by atoms with Crippen LogP contribution in [0.15, 0.2) is 61.4 Å². The molecule has 0 bridgehead atoms. The first kappa shape index (κ1) is 15.4. The lowest BCUT2D eigenvalue weighted by Crippen LogP contribution is -2.18. The normalized spacial score (nSPS) is 10.5. The molecule has 0 atom stereocenters. The molecule has 0 unspecified atom stereocenters. The Balaban J connectivity index is 1.60. The van der Waals surface area contributed by atoms with Crippen LogP contribution in [0.25, 0.3) is 17.3 Å². The van der Waals surface area contributed by atoms with E-state index in [1.807, 2.05) is 6.07 Å². The van der Waals surface area contributed by atoms with Crippen LogP contribution in [0, 0.1) is 0 Å². The molecule has 4 heterocycles. The van der Waals surface area contributed by atoms with Crippen molar-refractivity contribution in [3.63, 3.8) is 0 Å². The molecule has 126 valence electrons. The summed E-state index contributed by atoms with van der Waals surface area (Å²) in [6, 6.07) is 8.63. The van der Waals surface area contributed by atoms with Gasteiger partial charge in [-0.2, -0.15) is 4.68 Å². The number of rotatable bonds is 4. The fraction of sp³-hybridized carbons (Fsp3) is 0. The van der Waals surface area contributed by atoms with E-state index in [0.717, 1.165) is 0 Å². The van der Waals surface area contributed by atoms with E-state index in [1.54, 1.807) is 42.9 Å². The minimum Gasteiger partial charge on any atom is -0.305 e. The fourth-order valence-electron chi connectivity index (χ4n) is 2.20. The Morgan fingerprint density at radius 3 is 2.77 bits per heavy atom. The van der Waals surface area contributed by atoms with Crippen LogP contribution >= 0.6 is 0 Å². The molecule has 1 amide bonds. The van der Waals surface area contributed by atoms with Gasteiger partial charge in [0.1, 0.15) is 17.8 Å². The van der Waals surface area contributed by atoms with Crippen molar-refractivity contribution in [2.24, 2.45) is 0 Å². The summed E-state index contributed by atoms with van der Waals surface area (Å²) >= 11 is 0. The highest BCUT2D eigenvalue weighted by Crippen LogP contribution is 2.14. The topological polar surface area (TPSA) is 124 Å². The highest BCUT2D eigenvalue weighted by Gasteiger charge is 2.16. The maximum Gasteiger partial charge on any atom is 0.277 e. The van der Waals surface area contributed by atoms with Gasteiger partial charge < -0.3 is 5.32 Å². The summed E-state index contributed by atoms with van der Waals surface area (Å²) < 4.78 is 1.32. The Morgan fingerprint density at radius 1 is 1.00 bits per heavy atom. The second-order valence-electron chi connectivity index (χ2n) is 5.03. The van der Waals surface area contributed by atoms with E-state index < -0.39 is 5.91 Å². The van der Waals surface area contributed by atoms with Gasteiger partial charge in [-0.15, -0.1) is 5.10 Å². The number of amides is 1. The van der Waals surface area contributed by atoms with Crippen molar-refractivity contribution < 1.29 is 4.79 Å². The molecule has 4 aromatic rings. The van der Waals surface area contributed by atoms with Crippen molar-refractivity contribution in [2.75, 3.05) is 5.32 Å². The first-order chi connectivity index (χ1) is 12.8. The summed E-state index contributed by atoms with van der Waals surface area (Å²) in [6.45, 7) is 0. The fourth-order valence-corrected chi connectivity index (χ4v) is 2.20. The number of hydrogen-bond donors (Lipinski definition) is 1. The summed E-state index contributed by atoms with van der Waals surface area (Å²) in [5.41, 5.74) is 0.818. The maximum atomic E-state index is 12.6. The van der Waals surface area contributed by atoms with Gasteiger partial charge in [0.15, 0.2) is 17.3 Å². The van der Waals surface area contributed by atoms with E-state index in [4.69, 9.17) is 0 Å². The Kier molecular flexibility index (Phi) is 4.04. The standard InChI is InChI=1S/C16H11N9O/c26-16(12-9-21-24-25(12)14-5-7-17-10-20-14)23-13-4-8-19-15(22-13)11-3-1-2-6-18-11/h1-10H,(H,19,22,23,26). The molecule has 0 spiro atoms. The Morgan fingerprint density at radius 2 is 1.96 bits per heavy atom. The van der Waals surface area contributed by atoms with Gasteiger partial charge in [-0.3, -0.25) is 9.78 Å². The maximum absolute atomic E-state index is 12.6. The van der Waals surface area contributed by atoms with Crippen molar-refractivity contribution in [3.05, 3.63) is 67.1 Å². The molecule has 0 saturated carbocycles. The molecular weight excluding hydrogens is 334 g/mol. The van der Waals surface area contributed by atoms with Gasteiger partial charge in [-0.25, -0.2) is 19.9 Å². The Bertz CT molecular complexity index is 1030. The summed E-state index contributed by atoms with van der Waals surface area (Å²) in [5, 5.41) is 10.4. The lowest BCUT2D eigenvalue weighted by molar-refractivity contribution is 0.101. The van der Waals surface area contributed by atoms with Crippen molar-refractivity contribution in [2.45, 2.75) is 0 Å². The first-order valence-electron chi connectivity index (χ1n) is 7.54. The van der Waals surface area contributed by atoms with E-state index in [0.29, 0.717) is 23.2 Å². The first-order valence-corrected chi connectivity index (χ1v) is 7.54. The van der Waals surface area contributed by atoms with Gasteiger partial charge >= 0.3 is 0 Å². The van der Waals surface area contributed by atoms with Crippen LogP contribution in [0.4, 0.5) is 5.82 Å². The highest BCUT2D eigenvalue weighted by atomic mass is 16.2. The SMILES string of the molecule is O=C(Nc1ccnc(-c2ccccn2)n1)c1cnnn1-c1ccncn1. The molecule has 4 aromatic heterocycles. The zero-order valence-electron chi connectivity index (χ0n) is 13.3. The molecule has 10 nitrogen and oxygen atoms in total. The van der Waals surface area contributed by atoms with Crippen molar-refractivity contribution in [1.29, 1.82) is 0 Å². The van der Waals surface area contributed by atoms with E-state index in [1.165, 1.54) is 17.2 Å². The number of nitrogens with zero attached hydrogens (tertiary/aromatic N) is 8. The second-order valence-corrected chi connectivity index (χ2v) is 5.03. The summed E-state index contributed by atoms with van der Waals surface area (Å²) in [6.07, 6.45) is 7.46.